The highest BCUT2D eigenvalue weighted by Crippen LogP contribution is 2.24. The van der Waals surface area contributed by atoms with Crippen LogP contribution in [0.15, 0.2) is 53.0 Å². The molecule has 160 valence electrons. The summed E-state index contributed by atoms with van der Waals surface area (Å²) in [6.07, 6.45) is 2.82. The second-order valence-corrected chi connectivity index (χ2v) is 8.34. The van der Waals surface area contributed by atoms with Crippen molar-refractivity contribution < 1.29 is 4.79 Å². The van der Waals surface area contributed by atoms with Crippen molar-refractivity contribution in [3.05, 3.63) is 53.0 Å². The van der Waals surface area contributed by atoms with Gasteiger partial charge in [0.05, 0.1) is 12.0 Å². The van der Waals surface area contributed by atoms with Crippen molar-refractivity contribution in [3.8, 4) is 0 Å². The molecule has 1 aliphatic heterocycles. The van der Waals surface area contributed by atoms with E-state index in [1.807, 2.05) is 24.3 Å². The molecule has 1 heterocycles. The maximum Gasteiger partial charge on any atom is 0.327 e. The number of nitrogens with one attached hydrogen (secondary N) is 2. The third-order valence-electron chi connectivity index (χ3n) is 5.63. The number of carbonyl (C=O) groups is 1. The highest BCUT2D eigenvalue weighted by molar-refractivity contribution is 9.10. The molecule has 0 atom stereocenters. The largest absolute Gasteiger partial charge is 0.368 e. The van der Waals surface area contributed by atoms with Crippen molar-refractivity contribution in [2.45, 2.75) is 32.7 Å². The third kappa shape index (κ3) is 5.33. The molecular formula is C23H30BrN5O. The van der Waals surface area contributed by atoms with Gasteiger partial charge in [-0.2, -0.15) is 0 Å². The van der Waals surface area contributed by atoms with E-state index in [9.17, 15) is 4.79 Å². The Balaban J connectivity index is 1.60. The van der Waals surface area contributed by atoms with Gasteiger partial charge >= 0.3 is 6.03 Å². The van der Waals surface area contributed by atoms with E-state index < -0.39 is 0 Å². The van der Waals surface area contributed by atoms with Crippen LogP contribution >= 0.6 is 15.9 Å². The van der Waals surface area contributed by atoms with Crippen LogP contribution in [0.2, 0.25) is 0 Å². The lowest BCUT2D eigenvalue weighted by Crippen LogP contribution is -2.46. The van der Waals surface area contributed by atoms with E-state index in [1.54, 1.807) is 0 Å². The van der Waals surface area contributed by atoms with Crippen LogP contribution < -0.4 is 20.0 Å². The van der Waals surface area contributed by atoms with Crippen LogP contribution in [0.3, 0.4) is 0 Å². The van der Waals surface area contributed by atoms with Crippen molar-refractivity contribution >= 4 is 45.4 Å². The zero-order valence-corrected chi connectivity index (χ0v) is 19.2. The maximum atomic E-state index is 12.5. The normalized spacial score (nSPS) is 14.0. The van der Waals surface area contributed by atoms with Gasteiger partial charge < -0.3 is 15.1 Å². The minimum absolute atomic E-state index is 0.126. The predicted molar refractivity (Wildman–Crippen MR) is 129 cm³/mol. The SMILES string of the molecule is CCC(CC)NC(=O)N(C=N)c1ccc(N2CCN(c3ccc(Br)cc3)CC2)cc1. The standard InChI is InChI=1S/C23H30BrN5O/c1-3-19(4-2)26-23(30)29(17-25)22-11-9-21(10-12-22)28-15-13-27(14-16-28)20-7-5-18(24)6-8-20/h5-12,17,19,25H,3-4,13-16H2,1-2H3,(H,26,30). The molecule has 2 aromatic rings. The van der Waals surface area contributed by atoms with Crippen molar-refractivity contribution in [2.24, 2.45) is 0 Å². The van der Waals surface area contributed by atoms with Gasteiger partial charge in [-0.1, -0.05) is 29.8 Å². The van der Waals surface area contributed by atoms with Gasteiger partial charge in [-0.3, -0.25) is 10.3 Å². The summed E-state index contributed by atoms with van der Waals surface area (Å²) < 4.78 is 1.09. The lowest BCUT2D eigenvalue weighted by molar-refractivity contribution is 0.244. The molecule has 1 saturated heterocycles. The Hall–Kier alpha value is -2.54. The lowest BCUT2D eigenvalue weighted by atomic mass is 10.2. The summed E-state index contributed by atoms with van der Waals surface area (Å²) in [5, 5.41) is 10.7. The highest BCUT2D eigenvalue weighted by atomic mass is 79.9. The number of hydrogen-bond acceptors (Lipinski definition) is 4. The minimum atomic E-state index is -0.255. The fraction of sp³-hybridized carbons (Fsp3) is 0.391. The van der Waals surface area contributed by atoms with E-state index >= 15 is 0 Å². The number of halogens is 1. The summed E-state index contributed by atoms with van der Waals surface area (Å²) in [4.78, 5) is 18.6. The second-order valence-electron chi connectivity index (χ2n) is 7.43. The van der Waals surface area contributed by atoms with Gasteiger partial charge in [0.25, 0.3) is 0 Å². The number of benzene rings is 2. The number of rotatable bonds is 7. The number of nitrogens with zero attached hydrogens (tertiary/aromatic N) is 3. The summed E-state index contributed by atoms with van der Waals surface area (Å²) in [5.74, 6) is 0. The number of hydrogen-bond donors (Lipinski definition) is 2. The molecule has 1 fully saturated rings. The molecule has 0 unspecified atom stereocenters. The van der Waals surface area contributed by atoms with Crippen LogP contribution in [0.1, 0.15) is 26.7 Å². The van der Waals surface area contributed by atoms with E-state index in [2.05, 4.69) is 69.2 Å². The lowest BCUT2D eigenvalue weighted by Gasteiger charge is -2.37. The van der Waals surface area contributed by atoms with Crippen LogP contribution in [-0.2, 0) is 0 Å². The van der Waals surface area contributed by atoms with Gasteiger partial charge in [0.1, 0.15) is 0 Å². The molecule has 0 saturated carbocycles. The van der Waals surface area contributed by atoms with Gasteiger partial charge in [-0.15, -0.1) is 0 Å². The van der Waals surface area contributed by atoms with Gasteiger partial charge in [0.2, 0.25) is 0 Å². The Morgan fingerprint density at radius 3 is 1.90 bits per heavy atom. The first-order valence-electron chi connectivity index (χ1n) is 10.5. The molecular weight excluding hydrogens is 442 g/mol. The summed E-state index contributed by atoms with van der Waals surface area (Å²) in [5.41, 5.74) is 3.09. The average Bonchev–Trinajstić information content (AvgIpc) is 2.79. The molecule has 1 aliphatic rings. The topological polar surface area (TPSA) is 62.7 Å². The quantitative estimate of drug-likeness (QED) is 0.436. The molecule has 0 spiro atoms. The fourth-order valence-electron chi connectivity index (χ4n) is 3.69. The number of carbonyl (C=O) groups excluding carboxylic acids is 1. The second kappa shape index (κ2) is 10.5. The van der Waals surface area contributed by atoms with E-state index in [-0.39, 0.29) is 12.1 Å². The molecule has 6 nitrogen and oxygen atoms in total. The molecule has 7 heteroatoms. The molecule has 0 bridgehead atoms. The van der Waals surface area contributed by atoms with E-state index in [0.717, 1.165) is 55.5 Å². The van der Waals surface area contributed by atoms with Crippen LogP contribution in [0.5, 0.6) is 0 Å². The first kappa shape index (κ1) is 22.2. The Bertz CT molecular complexity index is 828. The average molecular weight is 472 g/mol. The van der Waals surface area contributed by atoms with Crippen molar-refractivity contribution in [1.29, 1.82) is 5.41 Å². The van der Waals surface area contributed by atoms with Gasteiger partial charge in [0.15, 0.2) is 0 Å². The Kier molecular flexibility index (Phi) is 7.74. The molecule has 2 N–H and O–H groups in total. The Morgan fingerprint density at radius 2 is 1.47 bits per heavy atom. The summed E-state index contributed by atoms with van der Waals surface area (Å²) in [6.45, 7) is 7.92. The minimum Gasteiger partial charge on any atom is -0.368 e. The molecule has 0 radical (unpaired) electrons. The molecule has 0 aliphatic carbocycles. The smallest absolute Gasteiger partial charge is 0.327 e. The summed E-state index contributed by atoms with van der Waals surface area (Å²) in [7, 11) is 0. The third-order valence-corrected chi connectivity index (χ3v) is 6.15. The molecule has 2 amide bonds. The first-order chi connectivity index (χ1) is 14.5. The number of urea groups is 1. The van der Waals surface area contributed by atoms with Crippen LogP contribution in [0.4, 0.5) is 21.9 Å². The number of amides is 2. The monoisotopic (exact) mass is 471 g/mol. The molecule has 0 aromatic heterocycles. The molecule has 30 heavy (non-hydrogen) atoms. The van der Waals surface area contributed by atoms with Crippen molar-refractivity contribution in [1.82, 2.24) is 5.32 Å². The van der Waals surface area contributed by atoms with Crippen LogP contribution in [-0.4, -0.2) is 44.6 Å². The van der Waals surface area contributed by atoms with Gasteiger partial charge in [0, 0.05) is 48.1 Å². The van der Waals surface area contributed by atoms with Crippen molar-refractivity contribution in [3.63, 3.8) is 0 Å². The number of anilines is 3. The van der Waals surface area contributed by atoms with Crippen LogP contribution in [0, 0.1) is 5.41 Å². The Morgan fingerprint density at radius 1 is 1.00 bits per heavy atom. The summed E-state index contributed by atoms with van der Waals surface area (Å²) in [6, 6.07) is 16.2. The van der Waals surface area contributed by atoms with E-state index in [4.69, 9.17) is 5.41 Å². The zero-order chi connectivity index (χ0) is 21.5. The van der Waals surface area contributed by atoms with Gasteiger partial charge in [-0.05, 0) is 61.4 Å². The first-order valence-corrected chi connectivity index (χ1v) is 11.3. The van der Waals surface area contributed by atoms with E-state index in [0.29, 0.717) is 5.69 Å². The zero-order valence-electron chi connectivity index (χ0n) is 17.6. The number of piperazine rings is 1. The Labute approximate surface area is 187 Å². The fourth-order valence-corrected chi connectivity index (χ4v) is 3.95. The highest BCUT2D eigenvalue weighted by Gasteiger charge is 2.19. The van der Waals surface area contributed by atoms with E-state index in [1.165, 1.54) is 10.6 Å². The summed E-state index contributed by atoms with van der Waals surface area (Å²) >= 11 is 3.49. The maximum absolute atomic E-state index is 12.5. The predicted octanol–water partition coefficient (Wildman–Crippen LogP) is 5.09. The van der Waals surface area contributed by atoms with Crippen LogP contribution in [0.25, 0.3) is 0 Å². The van der Waals surface area contributed by atoms with Crippen molar-refractivity contribution in [2.75, 3.05) is 40.9 Å². The molecule has 3 rings (SSSR count). The molecule has 2 aromatic carbocycles. The van der Waals surface area contributed by atoms with Gasteiger partial charge in [-0.25, -0.2) is 4.79 Å².